The van der Waals surface area contributed by atoms with Gasteiger partial charge in [-0.3, -0.25) is 19.2 Å². The fourth-order valence-corrected chi connectivity index (χ4v) is 11.0. The zero-order valence-electron chi connectivity index (χ0n) is 46.7. The van der Waals surface area contributed by atoms with Crippen LogP contribution in [-0.4, -0.2) is 169 Å². The first-order chi connectivity index (χ1) is 39.3. The number of hydrogen-bond acceptors (Lipinski definition) is 17. The highest BCUT2D eigenvalue weighted by Crippen LogP contribution is 2.34. The van der Waals surface area contributed by atoms with E-state index in [1.54, 1.807) is 22.7 Å². The van der Waals surface area contributed by atoms with Gasteiger partial charge in [-0.15, -0.1) is 11.3 Å². The summed E-state index contributed by atoms with van der Waals surface area (Å²) >= 11 is 5.05. The van der Waals surface area contributed by atoms with E-state index >= 15 is 0 Å². The monoisotopic (exact) mass is 1200 g/mol. The lowest BCUT2D eigenvalue weighted by Crippen LogP contribution is -2.55. The van der Waals surface area contributed by atoms with E-state index in [2.05, 4.69) is 46.8 Å². The summed E-state index contributed by atoms with van der Waals surface area (Å²) in [5, 5.41) is 20.3. The molecule has 3 aromatic carbocycles. The molecule has 3 atom stereocenters. The maximum absolute atomic E-state index is 14.3. The first-order valence-electron chi connectivity index (χ1n) is 28.0. The van der Waals surface area contributed by atoms with Crippen LogP contribution in [0, 0.1) is 18.8 Å². The van der Waals surface area contributed by atoms with E-state index in [1.165, 1.54) is 16.2 Å². The Bertz CT molecular complexity index is 2860. The van der Waals surface area contributed by atoms with Crippen LogP contribution in [0.4, 0.5) is 17.5 Å². The van der Waals surface area contributed by atoms with E-state index < -0.39 is 24.1 Å². The average molecular weight is 1200 g/mol. The highest BCUT2D eigenvalue weighted by atomic mass is 79.9. The van der Waals surface area contributed by atoms with Crippen LogP contribution in [0.15, 0.2) is 82.9 Å². The Balaban J connectivity index is 0.665. The van der Waals surface area contributed by atoms with E-state index in [0.717, 1.165) is 69.5 Å². The number of thiazole rings is 1. The highest BCUT2D eigenvalue weighted by Gasteiger charge is 2.46. The number of carbonyl (C=O) groups is 4. The number of likely N-dealkylation sites (tertiary alicyclic amines) is 1. The standard InChI is InChI=1S/C59H76BrN9O11S/c1-39(2)52(69-36-44-10-5-6-13-48(44)57(69)73)58(74)68-37-46(70)33-50(68)55(71)62-34-43-15-14-42(53-40(3)64-38-81-53)32-51(43)80-31-29-78-27-25-76-23-9-22-75-24-26-77-28-30-79-47-18-16-45(17-19-47)65-59-63-35-49(60)54(66-59)61-20-8-21-67(4)56(72)41-11-7-12-41/h5-6,10,13-19,32,35,38-39,41,46,50,52,70H,7-9,11-12,20-31,33-34,36-37H2,1-4H3,(H,62,71)(H2,61,63,65,66)/t46-,50+,52+/m1/s1. The number of amides is 4. The van der Waals surface area contributed by atoms with E-state index in [4.69, 9.17) is 28.4 Å². The Morgan fingerprint density at radius 2 is 1.58 bits per heavy atom. The molecule has 0 radical (unpaired) electrons. The van der Waals surface area contributed by atoms with Crippen LogP contribution in [0.25, 0.3) is 10.4 Å². The summed E-state index contributed by atoms with van der Waals surface area (Å²) in [7, 11) is 1.88. The molecule has 4 amide bonds. The van der Waals surface area contributed by atoms with Crippen LogP contribution in [-0.2, 0) is 46.4 Å². The first kappa shape index (κ1) is 60.8. The van der Waals surface area contributed by atoms with Gasteiger partial charge in [-0.2, -0.15) is 4.98 Å². The zero-order chi connectivity index (χ0) is 57.1. The third-order valence-corrected chi connectivity index (χ3v) is 16.0. The number of benzene rings is 3. The number of nitrogens with one attached hydrogen (secondary N) is 3. The second-order valence-electron chi connectivity index (χ2n) is 20.7. The number of aromatic nitrogens is 3. The van der Waals surface area contributed by atoms with Crippen LogP contribution >= 0.6 is 27.3 Å². The van der Waals surface area contributed by atoms with Crippen LogP contribution < -0.4 is 25.4 Å². The number of nitrogens with zero attached hydrogens (tertiary/aromatic N) is 6. The number of halogens is 1. The second kappa shape index (κ2) is 30.7. The molecule has 436 valence electrons. The van der Waals surface area contributed by atoms with E-state index in [9.17, 15) is 24.3 Å². The summed E-state index contributed by atoms with van der Waals surface area (Å²) in [6, 6.07) is 19.0. The predicted octanol–water partition coefficient (Wildman–Crippen LogP) is 7.65. The molecule has 2 aromatic heterocycles. The van der Waals surface area contributed by atoms with Crippen LogP contribution in [0.2, 0.25) is 0 Å². The van der Waals surface area contributed by atoms with Crippen molar-refractivity contribution in [2.45, 2.75) is 90.6 Å². The molecule has 0 unspecified atom stereocenters. The summed E-state index contributed by atoms with van der Waals surface area (Å²) in [5.74, 6) is 1.68. The lowest BCUT2D eigenvalue weighted by atomic mass is 9.84. The second-order valence-corrected chi connectivity index (χ2v) is 22.4. The van der Waals surface area contributed by atoms with Crippen molar-refractivity contribution in [3.05, 3.63) is 105 Å². The van der Waals surface area contributed by atoms with Crippen molar-refractivity contribution in [1.29, 1.82) is 0 Å². The number of aryl methyl sites for hydroxylation is 1. The van der Waals surface area contributed by atoms with E-state index in [-0.39, 0.29) is 55.7 Å². The van der Waals surface area contributed by atoms with Gasteiger partial charge in [0.15, 0.2) is 0 Å². The topological polar surface area (TPSA) is 228 Å². The Hall–Kier alpha value is -6.27. The molecule has 4 heterocycles. The fourth-order valence-electron chi connectivity index (χ4n) is 9.86. The molecule has 0 spiro atoms. The van der Waals surface area contributed by atoms with Gasteiger partial charge in [0.2, 0.25) is 23.7 Å². The molecular formula is C59H76BrN9O11S. The number of hydrogen-bond donors (Lipinski definition) is 4. The molecule has 20 nitrogen and oxygen atoms in total. The Kier molecular flexibility index (Phi) is 23.0. The molecule has 8 rings (SSSR count). The Labute approximate surface area is 486 Å². The smallest absolute Gasteiger partial charge is 0.255 e. The fraction of sp³-hybridized carbons (Fsp3) is 0.508. The molecule has 1 aliphatic carbocycles. The number of rotatable bonds is 33. The van der Waals surface area contributed by atoms with Gasteiger partial charge < -0.3 is 64.2 Å². The van der Waals surface area contributed by atoms with Crippen molar-refractivity contribution >= 4 is 68.3 Å². The van der Waals surface area contributed by atoms with Gasteiger partial charge in [0.1, 0.15) is 42.6 Å². The predicted molar refractivity (Wildman–Crippen MR) is 312 cm³/mol. The molecular weight excluding hydrogens is 1120 g/mol. The Morgan fingerprint density at radius 1 is 0.877 bits per heavy atom. The lowest BCUT2D eigenvalue weighted by molar-refractivity contribution is -0.143. The average Bonchev–Trinajstić information content (AvgIpc) is 4.38. The summed E-state index contributed by atoms with van der Waals surface area (Å²) in [4.78, 5) is 73.3. The Morgan fingerprint density at radius 3 is 2.26 bits per heavy atom. The van der Waals surface area contributed by atoms with Crippen LogP contribution in [0.5, 0.6) is 11.5 Å². The number of β-amino-alcohol motifs (C(OH)–C–C–N with tert-alkyl or cyclic N) is 1. The molecule has 81 heavy (non-hydrogen) atoms. The molecule has 1 saturated heterocycles. The van der Waals surface area contributed by atoms with E-state index in [1.807, 2.05) is 93.4 Å². The number of anilines is 3. The van der Waals surface area contributed by atoms with Gasteiger partial charge in [0.25, 0.3) is 5.91 Å². The number of fused-ring (bicyclic) bond motifs is 1. The normalized spacial score (nSPS) is 16.3. The summed E-state index contributed by atoms with van der Waals surface area (Å²) in [5.41, 5.74) is 6.61. The lowest BCUT2D eigenvalue weighted by Gasteiger charge is -2.35. The van der Waals surface area contributed by atoms with Crippen LogP contribution in [0.3, 0.4) is 0 Å². The SMILES string of the molecule is Cc1ncsc1-c1ccc(CNC(=O)[C@@H]2C[C@@H](O)CN2C(=O)[C@H](C(C)C)N2Cc3ccccc3C2=O)c(OCCOCCOCCCOCCOCCOc2ccc(Nc3ncc(Br)c(NCCCN(C)C(=O)C4CCC4)n3)cc2)c1. The number of ether oxygens (including phenoxy) is 6. The number of aliphatic hydroxyl groups is 1. The molecule has 2 aliphatic heterocycles. The van der Waals surface area contributed by atoms with Gasteiger partial charge >= 0.3 is 0 Å². The van der Waals surface area contributed by atoms with Gasteiger partial charge in [0.05, 0.1) is 66.3 Å². The van der Waals surface area contributed by atoms with Crippen molar-refractivity contribution in [2.24, 2.45) is 11.8 Å². The maximum atomic E-state index is 14.3. The first-order valence-corrected chi connectivity index (χ1v) is 29.7. The molecule has 4 N–H and O–H groups in total. The minimum absolute atomic E-state index is 0.00172. The summed E-state index contributed by atoms with van der Waals surface area (Å²) < 4.78 is 35.8. The highest BCUT2D eigenvalue weighted by molar-refractivity contribution is 9.10. The number of aliphatic hydroxyl groups excluding tert-OH is 1. The summed E-state index contributed by atoms with van der Waals surface area (Å²) in [6.07, 6.45) is 5.61. The molecule has 5 aromatic rings. The molecule has 2 fully saturated rings. The van der Waals surface area contributed by atoms with Crippen molar-refractivity contribution < 1.29 is 52.7 Å². The van der Waals surface area contributed by atoms with Gasteiger partial charge in [-0.1, -0.05) is 50.6 Å². The molecule has 1 saturated carbocycles. The minimum atomic E-state index is -0.912. The van der Waals surface area contributed by atoms with Gasteiger partial charge in [0, 0.05) is 88.3 Å². The summed E-state index contributed by atoms with van der Waals surface area (Å²) in [6.45, 7) is 11.7. The largest absolute Gasteiger partial charge is 0.491 e. The molecule has 22 heteroatoms. The maximum Gasteiger partial charge on any atom is 0.255 e. The van der Waals surface area contributed by atoms with Gasteiger partial charge in [-0.05, 0) is 102 Å². The zero-order valence-corrected chi connectivity index (χ0v) is 49.1. The minimum Gasteiger partial charge on any atom is -0.491 e. The van der Waals surface area contributed by atoms with Crippen molar-refractivity contribution in [3.8, 4) is 21.9 Å². The third kappa shape index (κ3) is 17.1. The van der Waals surface area contributed by atoms with E-state index in [0.29, 0.717) is 108 Å². The van der Waals surface area contributed by atoms with Crippen molar-refractivity contribution in [2.75, 3.05) is 103 Å². The third-order valence-electron chi connectivity index (χ3n) is 14.4. The van der Waals surface area contributed by atoms with Crippen molar-refractivity contribution in [3.63, 3.8) is 0 Å². The quantitative estimate of drug-likeness (QED) is 0.0296. The number of carbonyl (C=O) groups excluding carboxylic acids is 4. The van der Waals surface area contributed by atoms with Crippen molar-refractivity contribution in [1.82, 2.24) is 35.0 Å². The molecule has 3 aliphatic rings. The molecule has 0 bridgehead atoms. The van der Waals surface area contributed by atoms with Gasteiger partial charge in [-0.25, -0.2) is 9.97 Å². The van der Waals surface area contributed by atoms with Crippen LogP contribution in [0.1, 0.15) is 79.6 Å².